The summed E-state index contributed by atoms with van der Waals surface area (Å²) in [6.07, 6.45) is 8.36. The summed E-state index contributed by atoms with van der Waals surface area (Å²) < 4.78 is 0. The second-order valence-corrected chi connectivity index (χ2v) is 12.6. The molecule has 9 rings (SSSR count). The number of benzene rings is 5. The average molecular weight is 580 g/mol. The Hall–Kier alpha value is -5.09. The maximum absolute atomic E-state index is 4.81. The van der Waals surface area contributed by atoms with Gasteiger partial charge in [-0.05, 0) is 95.3 Å². The fraction of sp³-hybridized carbons (Fsp3) is 0.146. The number of fused-ring (bicyclic) bond motifs is 4. The molecule has 0 saturated heterocycles. The standard InChI is InChI=1S/C41H34BN3/c1-3-15-29(16-4-1)30-27-39-41-40(28-30)45(36-23-10-7-19-32(36)35-22-13-14-26-43-35)38-25-12-9-21-34(38)42(41)33-20-8-11-24-37(33)44(39)31-17-5-2-6-18-31/h2,5-14,17-29H,1,3-4,15-16H2. The molecule has 216 valence electrons. The highest BCUT2D eigenvalue weighted by Gasteiger charge is 2.43. The van der Waals surface area contributed by atoms with Gasteiger partial charge in [0.05, 0.1) is 11.4 Å². The third kappa shape index (κ3) is 4.23. The molecule has 3 heterocycles. The third-order valence-corrected chi connectivity index (χ3v) is 10.1. The summed E-state index contributed by atoms with van der Waals surface area (Å²) in [5, 5.41) is 0. The van der Waals surface area contributed by atoms with Gasteiger partial charge in [-0.1, -0.05) is 98.1 Å². The number of anilines is 6. The smallest absolute Gasteiger partial charge is 0.252 e. The summed E-state index contributed by atoms with van der Waals surface area (Å²) in [5.74, 6) is 0.568. The zero-order valence-corrected chi connectivity index (χ0v) is 25.3. The second kappa shape index (κ2) is 10.8. The molecule has 0 radical (unpaired) electrons. The molecule has 3 aliphatic rings. The summed E-state index contributed by atoms with van der Waals surface area (Å²) >= 11 is 0. The van der Waals surface area contributed by atoms with Crippen LogP contribution in [0.4, 0.5) is 34.1 Å². The maximum Gasteiger partial charge on any atom is 0.252 e. The van der Waals surface area contributed by atoms with E-state index in [9.17, 15) is 0 Å². The van der Waals surface area contributed by atoms with Crippen molar-refractivity contribution < 1.29 is 0 Å². The highest BCUT2D eigenvalue weighted by molar-refractivity contribution is 7.00. The zero-order chi connectivity index (χ0) is 29.7. The Morgan fingerprint density at radius 1 is 0.533 bits per heavy atom. The fourth-order valence-electron chi connectivity index (χ4n) is 8.11. The fourth-order valence-corrected chi connectivity index (χ4v) is 8.11. The van der Waals surface area contributed by atoms with Gasteiger partial charge in [-0.15, -0.1) is 0 Å². The normalized spacial score (nSPS) is 15.3. The van der Waals surface area contributed by atoms with E-state index in [-0.39, 0.29) is 6.71 Å². The number of pyridine rings is 1. The van der Waals surface area contributed by atoms with Crippen LogP contribution in [0.2, 0.25) is 0 Å². The lowest BCUT2D eigenvalue weighted by molar-refractivity contribution is 0.444. The van der Waals surface area contributed by atoms with E-state index in [1.807, 2.05) is 12.3 Å². The molecule has 0 N–H and O–H groups in total. The minimum Gasteiger partial charge on any atom is -0.311 e. The van der Waals surface area contributed by atoms with E-state index in [1.165, 1.54) is 82.5 Å². The molecule has 6 aromatic rings. The number of para-hydroxylation sites is 4. The summed E-state index contributed by atoms with van der Waals surface area (Å²) in [7, 11) is 0. The summed E-state index contributed by atoms with van der Waals surface area (Å²) in [5.41, 5.74) is 15.1. The molecule has 0 spiro atoms. The van der Waals surface area contributed by atoms with E-state index < -0.39 is 0 Å². The van der Waals surface area contributed by atoms with Crippen molar-refractivity contribution in [2.24, 2.45) is 0 Å². The molecular formula is C41H34BN3. The predicted octanol–water partition coefficient (Wildman–Crippen LogP) is 8.88. The third-order valence-electron chi connectivity index (χ3n) is 10.1. The van der Waals surface area contributed by atoms with E-state index in [4.69, 9.17) is 4.98 Å². The molecular weight excluding hydrogens is 545 g/mol. The molecule has 1 aromatic heterocycles. The molecule has 0 unspecified atom stereocenters. The molecule has 4 heteroatoms. The van der Waals surface area contributed by atoms with Crippen LogP contribution in [-0.4, -0.2) is 11.7 Å². The largest absolute Gasteiger partial charge is 0.311 e. The number of hydrogen-bond acceptors (Lipinski definition) is 3. The molecule has 2 aliphatic heterocycles. The van der Waals surface area contributed by atoms with Gasteiger partial charge in [0.25, 0.3) is 6.71 Å². The quantitative estimate of drug-likeness (QED) is 0.194. The summed E-state index contributed by atoms with van der Waals surface area (Å²) in [4.78, 5) is 9.88. The SMILES string of the molecule is c1ccc(N2c3ccccc3B3c4ccccc4N(c4ccccc4-c4ccccn4)c4cc(C5CCCCC5)cc2c43)cc1. The molecule has 3 nitrogen and oxygen atoms in total. The Morgan fingerprint density at radius 3 is 1.84 bits per heavy atom. The minimum atomic E-state index is 0.140. The molecule has 5 aromatic carbocycles. The molecule has 1 fully saturated rings. The van der Waals surface area contributed by atoms with Gasteiger partial charge in [0.1, 0.15) is 0 Å². The molecule has 0 atom stereocenters. The highest BCUT2D eigenvalue weighted by Crippen LogP contribution is 2.48. The highest BCUT2D eigenvalue weighted by atomic mass is 15.2. The van der Waals surface area contributed by atoms with Gasteiger partial charge in [0, 0.05) is 40.2 Å². The Balaban J connectivity index is 1.38. The molecule has 0 bridgehead atoms. The van der Waals surface area contributed by atoms with Crippen molar-refractivity contribution in [3.05, 3.63) is 145 Å². The lowest BCUT2D eigenvalue weighted by Gasteiger charge is -2.45. The number of hydrogen-bond donors (Lipinski definition) is 0. The van der Waals surface area contributed by atoms with E-state index in [2.05, 4.69) is 137 Å². The Kier molecular flexibility index (Phi) is 6.33. The van der Waals surface area contributed by atoms with E-state index in [1.54, 1.807) is 0 Å². The molecule has 1 aliphatic carbocycles. The van der Waals surface area contributed by atoms with Crippen LogP contribution in [0, 0.1) is 0 Å². The number of aromatic nitrogens is 1. The van der Waals surface area contributed by atoms with Crippen molar-refractivity contribution in [1.29, 1.82) is 0 Å². The van der Waals surface area contributed by atoms with Crippen LogP contribution in [0.3, 0.4) is 0 Å². The van der Waals surface area contributed by atoms with Crippen LogP contribution in [0.15, 0.2) is 140 Å². The monoisotopic (exact) mass is 579 g/mol. The number of nitrogens with zero attached hydrogens (tertiary/aromatic N) is 3. The first-order valence-electron chi connectivity index (χ1n) is 16.4. The van der Waals surface area contributed by atoms with Gasteiger partial charge < -0.3 is 9.80 Å². The van der Waals surface area contributed by atoms with Gasteiger partial charge >= 0.3 is 0 Å². The van der Waals surface area contributed by atoms with E-state index >= 15 is 0 Å². The first-order chi connectivity index (χ1) is 22.4. The lowest BCUT2D eigenvalue weighted by Crippen LogP contribution is -2.61. The van der Waals surface area contributed by atoms with E-state index in [0.717, 1.165) is 16.9 Å². The first kappa shape index (κ1) is 26.3. The van der Waals surface area contributed by atoms with Crippen LogP contribution in [0.1, 0.15) is 43.6 Å². The Bertz CT molecular complexity index is 2020. The van der Waals surface area contributed by atoms with E-state index in [0.29, 0.717) is 5.92 Å². The average Bonchev–Trinajstić information content (AvgIpc) is 3.12. The van der Waals surface area contributed by atoms with Crippen molar-refractivity contribution in [2.75, 3.05) is 9.80 Å². The van der Waals surface area contributed by atoms with Crippen molar-refractivity contribution >= 4 is 57.2 Å². The zero-order valence-electron chi connectivity index (χ0n) is 25.3. The van der Waals surface area contributed by atoms with Crippen molar-refractivity contribution in [3.63, 3.8) is 0 Å². The topological polar surface area (TPSA) is 19.4 Å². The number of rotatable bonds is 4. The Morgan fingerprint density at radius 2 is 1.13 bits per heavy atom. The predicted molar refractivity (Wildman–Crippen MR) is 190 cm³/mol. The lowest BCUT2D eigenvalue weighted by atomic mass is 9.33. The first-order valence-corrected chi connectivity index (χ1v) is 16.4. The summed E-state index contributed by atoms with van der Waals surface area (Å²) in [6.45, 7) is 0.140. The van der Waals surface area contributed by atoms with Crippen molar-refractivity contribution in [2.45, 2.75) is 38.0 Å². The molecule has 45 heavy (non-hydrogen) atoms. The van der Waals surface area contributed by atoms with Crippen molar-refractivity contribution in [1.82, 2.24) is 4.98 Å². The van der Waals surface area contributed by atoms with Gasteiger partial charge in [-0.25, -0.2) is 0 Å². The van der Waals surface area contributed by atoms with Crippen molar-refractivity contribution in [3.8, 4) is 11.3 Å². The minimum absolute atomic E-state index is 0.140. The van der Waals surface area contributed by atoms with Gasteiger partial charge in [-0.2, -0.15) is 0 Å². The van der Waals surface area contributed by atoms with Crippen LogP contribution < -0.4 is 26.2 Å². The van der Waals surface area contributed by atoms with Gasteiger partial charge in [-0.3, -0.25) is 4.98 Å². The van der Waals surface area contributed by atoms with Crippen LogP contribution in [-0.2, 0) is 0 Å². The Labute approximate surface area is 265 Å². The maximum atomic E-state index is 4.81. The molecule has 1 saturated carbocycles. The molecule has 0 amide bonds. The van der Waals surface area contributed by atoms with Gasteiger partial charge in [0.2, 0.25) is 0 Å². The van der Waals surface area contributed by atoms with Crippen LogP contribution >= 0.6 is 0 Å². The summed E-state index contributed by atoms with van der Waals surface area (Å²) in [6, 6.07) is 49.1. The van der Waals surface area contributed by atoms with Crippen LogP contribution in [0.25, 0.3) is 11.3 Å². The second-order valence-electron chi connectivity index (χ2n) is 12.6. The van der Waals surface area contributed by atoms with Gasteiger partial charge in [0.15, 0.2) is 0 Å². The van der Waals surface area contributed by atoms with Crippen LogP contribution in [0.5, 0.6) is 0 Å².